The number of hydrazine groups is 1. The van der Waals surface area contributed by atoms with Crippen LogP contribution < -0.4 is 26.6 Å². The minimum Gasteiger partial charge on any atom is -0.481 e. The Balaban J connectivity index is 0.0000722. The Bertz CT molecular complexity index is 2040. The number of aliphatic carboxylic acids is 5. The fourth-order valence-electron chi connectivity index (χ4n) is 9.17. The highest BCUT2D eigenvalue weighted by Crippen LogP contribution is 2.20. The monoisotopic (exact) mass is 1220 g/mol. The van der Waals surface area contributed by atoms with Crippen LogP contribution in [0.2, 0.25) is 0 Å². The number of ether oxygens (including phenoxy) is 4. The number of nitroso groups, excluding NO2 is 1. The molecule has 5 atom stereocenters. The normalized spacial score (nSPS) is 14.3. The molecule has 0 aromatic rings. The van der Waals surface area contributed by atoms with E-state index in [-0.39, 0.29) is 118 Å². The molecule has 488 valence electrons. The van der Waals surface area contributed by atoms with Crippen LogP contribution in [-0.4, -0.2) is 204 Å². The lowest BCUT2D eigenvalue weighted by Gasteiger charge is -2.16. The van der Waals surface area contributed by atoms with E-state index in [1.165, 1.54) is 37.1 Å². The van der Waals surface area contributed by atoms with Crippen LogP contribution in [0.4, 0.5) is 0 Å². The molecule has 5 amide bonds. The SMILES string of the molecule is C[C@@H](CCCCNC(=O)CC[C@H](NC(=O)CC[C@H](CC(=O)COCCOCCNC(=O)COCCOCCNC(=O)CC[C@H](NC(=O)CCCCCCCCCCCCCCCCC(=O)O)C(=O)O)C(=O)O)C(=O)O)[N+](=O)N1CCC[C@H]1C(=O)O.[HH]. The molecule has 1 saturated heterocycles. The molecule has 0 saturated carbocycles. The summed E-state index contributed by atoms with van der Waals surface area (Å²) in [6.45, 7) is 2.46. The summed E-state index contributed by atoms with van der Waals surface area (Å²) in [5.41, 5.74) is 0. The van der Waals surface area contributed by atoms with Crippen LogP contribution in [0, 0.1) is 10.8 Å². The average Bonchev–Trinajstić information content (AvgIpc) is 4.19. The molecule has 0 aliphatic carbocycles. The number of carboxylic acids is 5. The molecule has 28 heteroatoms. The Hall–Kier alpha value is -6.39. The maximum atomic E-state index is 12.6. The van der Waals surface area contributed by atoms with Crippen molar-refractivity contribution in [3.8, 4) is 0 Å². The Kier molecular flexibility index (Phi) is 44.0. The van der Waals surface area contributed by atoms with E-state index in [0.717, 1.165) is 51.4 Å². The third-order valence-corrected chi connectivity index (χ3v) is 14.1. The van der Waals surface area contributed by atoms with Crippen molar-refractivity contribution < 1.29 is 104 Å². The molecule has 85 heavy (non-hydrogen) atoms. The first-order valence-corrected chi connectivity index (χ1v) is 30.3. The van der Waals surface area contributed by atoms with Crippen molar-refractivity contribution in [2.45, 2.75) is 211 Å². The van der Waals surface area contributed by atoms with E-state index in [4.69, 9.17) is 24.1 Å². The van der Waals surface area contributed by atoms with Gasteiger partial charge in [-0.05, 0) is 57.8 Å². The van der Waals surface area contributed by atoms with Gasteiger partial charge >= 0.3 is 29.8 Å². The summed E-state index contributed by atoms with van der Waals surface area (Å²) in [6.07, 6.45) is 16.0. The van der Waals surface area contributed by atoms with Gasteiger partial charge in [0.2, 0.25) is 35.6 Å². The summed E-state index contributed by atoms with van der Waals surface area (Å²) in [6, 6.07) is -3.92. The van der Waals surface area contributed by atoms with Crippen molar-refractivity contribution in [3.63, 3.8) is 0 Å². The average molecular weight is 1220 g/mol. The summed E-state index contributed by atoms with van der Waals surface area (Å²) in [5, 5.41) is 60.8. The van der Waals surface area contributed by atoms with Gasteiger partial charge in [0.1, 0.15) is 30.2 Å². The Labute approximate surface area is 499 Å². The van der Waals surface area contributed by atoms with Crippen molar-refractivity contribution in [3.05, 3.63) is 4.91 Å². The lowest BCUT2D eigenvalue weighted by Crippen LogP contribution is -2.45. The minimum atomic E-state index is -1.43. The van der Waals surface area contributed by atoms with Gasteiger partial charge in [-0.2, -0.15) is 0 Å². The van der Waals surface area contributed by atoms with Crippen LogP contribution in [0.1, 0.15) is 188 Å². The molecule has 0 radical (unpaired) electrons. The highest BCUT2D eigenvalue weighted by molar-refractivity contribution is 5.87. The van der Waals surface area contributed by atoms with Crippen molar-refractivity contribution >= 4 is 65.2 Å². The number of hydrogen-bond acceptors (Lipinski definition) is 16. The van der Waals surface area contributed by atoms with Gasteiger partial charge in [0.25, 0.3) is 0 Å². The van der Waals surface area contributed by atoms with Gasteiger partial charge in [0.15, 0.2) is 11.8 Å². The van der Waals surface area contributed by atoms with Crippen molar-refractivity contribution in [1.82, 2.24) is 31.6 Å². The van der Waals surface area contributed by atoms with Crippen LogP contribution in [0.5, 0.6) is 0 Å². The predicted octanol–water partition coefficient (Wildman–Crippen LogP) is 3.91. The fourth-order valence-corrected chi connectivity index (χ4v) is 9.17. The molecule has 0 bridgehead atoms. The van der Waals surface area contributed by atoms with E-state index in [1.807, 2.05) is 0 Å². The number of nitrogens with zero attached hydrogens (tertiary/aromatic N) is 2. The van der Waals surface area contributed by atoms with Crippen LogP contribution in [0.3, 0.4) is 0 Å². The second kappa shape index (κ2) is 48.8. The van der Waals surface area contributed by atoms with Crippen molar-refractivity contribution in [1.29, 1.82) is 0 Å². The largest absolute Gasteiger partial charge is 0.481 e. The Morgan fingerprint density at radius 1 is 0.482 bits per heavy atom. The zero-order valence-corrected chi connectivity index (χ0v) is 49.8. The number of unbranched alkanes of at least 4 members (excludes halogenated alkanes) is 14. The number of Topliss-reactive ketones (excluding diaryl/α,β-unsaturated/α-hetero) is 1. The first kappa shape index (κ1) is 76.6. The lowest BCUT2D eigenvalue weighted by molar-refractivity contribution is -0.734. The second-order valence-corrected chi connectivity index (χ2v) is 21.3. The molecular formula is C57H100N7O21+. The summed E-state index contributed by atoms with van der Waals surface area (Å²) < 4.78 is 21.3. The number of ketones is 1. The Morgan fingerprint density at radius 2 is 0.929 bits per heavy atom. The van der Waals surface area contributed by atoms with Gasteiger partial charge < -0.3 is 71.1 Å². The molecule has 28 nitrogen and oxygen atoms in total. The number of amides is 5. The first-order valence-electron chi connectivity index (χ1n) is 30.3. The molecule has 1 fully saturated rings. The number of nitrogens with one attached hydrogen (secondary N) is 5. The highest BCUT2D eigenvalue weighted by Gasteiger charge is 2.41. The maximum absolute atomic E-state index is 12.6. The van der Waals surface area contributed by atoms with Gasteiger partial charge in [-0.3, -0.25) is 38.4 Å². The van der Waals surface area contributed by atoms with Gasteiger partial charge in [0, 0.05) is 72.9 Å². The van der Waals surface area contributed by atoms with Gasteiger partial charge in [-0.15, -0.1) is 5.01 Å². The van der Waals surface area contributed by atoms with Crippen LogP contribution in [0.25, 0.3) is 0 Å². The number of carbonyl (C=O) groups excluding carboxylic acids is 6. The molecule has 0 unspecified atom stereocenters. The zero-order valence-electron chi connectivity index (χ0n) is 49.8. The van der Waals surface area contributed by atoms with E-state index >= 15 is 0 Å². The summed E-state index contributed by atoms with van der Waals surface area (Å²) >= 11 is 0. The van der Waals surface area contributed by atoms with E-state index in [0.29, 0.717) is 49.9 Å². The van der Waals surface area contributed by atoms with E-state index in [1.54, 1.807) is 6.92 Å². The maximum Gasteiger partial charge on any atom is 0.332 e. The van der Waals surface area contributed by atoms with Gasteiger partial charge in [-0.25, -0.2) is 14.4 Å². The van der Waals surface area contributed by atoms with Gasteiger partial charge in [-0.1, -0.05) is 77.0 Å². The molecule has 1 rings (SSSR count). The second-order valence-electron chi connectivity index (χ2n) is 21.3. The predicted molar refractivity (Wildman–Crippen MR) is 308 cm³/mol. The molecule has 1 heterocycles. The number of carbonyl (C=O) groups is 11. The van der Waals surface area contributed by atoms with Gasteiger partial charge in [0.05, 0.1) is 57.0 Å². The van der Waals surface area contributed by atoms with Crippen LogP contribution in [-0.2, 0) is 71.7 Å². The highest BCUT2D eigenvalue weighted by atomic mass is 16.5. The van der Waals surface area contributed by atoms with E-state index in [2.05, 4.69) is 26.6 Å². The van der Waals surface area contributed by atoms with E-state index < -0.39 is 109 Å². The molecule has 1 aliphatic rings. The lowest BCUT2D eigenvalue weighted by atomic mass is 9.97. The zero-order chi connectivity index (χ0) is 63.0. The quantitative estimate of drug-likeness (QED) is 0.0305. The summed E-state index contributed by atoms with van der Waals surface area (Å²) in [4.78, 5) is 145. The fraction of sp³-hybridized carbons (Fsp3) is 0.807. The standard InChI is InChI=1S/C57H97N7O21.H2/c1-42(64(81)63-32-18-20-47(63)57(79)80)19-16-17-29-58-48(66)27-24-46(56(77)78)62-51(69)26-23-43(54(73)74)39-44(65)40-84-37-35-83-34-31-60-52(70)41-85-38-36-82-33-30-59-49(67)28-25-45(55(75)76)61-50(68)21-14-12-10-8-6-4-2-3-5-7-9-11-13-15-22-53(71)72;/h42-43,45-47H,2-41H2,1H3,(H9-,58,59,60,61,62,66,67,68,69,70,71,72,73,74,75,76,77,78,79,80);1H/p+1/t42-,43+,45-,46-,47-;/m0./s1. The smallest absolute Gasteiger partial charge is 0.332 e. The summed E-state index contributed by atoms with van der Waals surface area (Å²) in [5.74, 6) is -9.92. The van der Waals surface area contributed by atoms with Crippen molar-refractivity contribution in [2.24, 2.45) is 5.92 Å². The summed E-state index contributed by atoms with van der Waals surface area (Å²) in [7, 11) is 0. The third kappa shape index (κ3) is 41.3. The molecular weight excluding hydrogens is 1120 g/mol. The number of rotatable bonds is 57. The number of hydrogen-bond donors (Lipinski definition) is 10. The Morgan fingerprint density at radius 3 is 1.42 bits per heavy atom. The number of carboxylic acid groups (broad SMARTS) is 5. The van der Waals surface area contributed by atoms with Crippen LogP contribution in [0.15, 0.2) is 0 Å². The minimum absolute atomic E-state index is 0. The first-order chi connectivity index (χ1) is 40.7. The molecule has 1 aliphatic heterocycles. The molecule has 10 N–H and O–H groups in total. The van der Waals surface area contributed by atoms with Crippen LogP contribution >= 0.6 is 0 Å². The topological polar surface area (TPSA) is 409 Å². The van der Waals surface area contributed by atoms with Crippen molar-refractivity contribution in [2.75, 3.05) is 79.0 Å². The third-order valence-electron chi connectivity index (χ3n) is 14.1. The van der Waals surface area contributed by atoms with E-state index in [9.17, 15) is 78.1 Å². The molecule has 0 aromatic carbocycles. The molecule has 0 aromatic heterocycles. The molecule has 0 spiro atoms.